The molecule has 1 aromatic rings. The van der Waals surface area contributed by atoms with Crippen LogP contribution in [-0.4, -0.2) is 46.3 Å². The lowest BCUT2D eigenvalue weighted by atomic mass is 10.2. The molecule has 8 nitrogen and oxygen atoms in total. The smallest absolute Gasteiger partial charge is 0.324 e. The van der Waals surface area contributed by atoms with E-state index in [0.717, 1.165) is 0 Å². The minimum absolute atomic E-state index is 0.283. The highest BCUT2D eigenvalue weighted by Gasteiger charge is 2.30. The van der Waals surface area contributed by atoms with Crippen LogP contribution in [0, 0.1) is 6.92 Å². The van der Waals surface area contributed by atoms with Gasteiger partial charge >= 0.3 is 5.97 Å². The quantitative estimate of drug-likeness (QED) is 0.624. The molecular formula is C9H15N3O5S. The highest BCUT2D eigenvalue weighted by Crippen LogP contribution is 2.09. The fourth-order valence-electron chi connectivity index (χ4n) is 1.24. The molecule has 0 radical (unpaired) electrons. The molecule has 0 spiro atoms. The van der Waals surface area contributed by atoms with E-state index in [4.69, 9.17) is 5.11 Å². The minimum Gasteiger partial charge on any atom is -0.480 e. The number of carboxylic acid groups (broad SMARTS) is 1. The van der Waals surface area contributed by atoms with Crippen LogP contribution in [0.5, 0.6) is 0 Å². The standard InChI is InChI=1S/C9H15N3O5S/c1-5(13)8(9(14)15)11-18(16,17)7-4-12(3)6(2)10-7/h4-5,8,11,13H,1-3H3,(H,14,15)/t5-,8+/m1/s1. The zero-order valence-electron chi connectivity index (χ0n) is 10.2. The number of carboxylic acids is 1. The lowest BCUT2D eigenvalue weighted by molar-refractivity contribution is -0.141. The van der Waals surface area contributed by atoms with Gasteiger partial charge in [-0.05, 0) is 13.8 Å². The number of aliphatic hydroxyl groups excluding tert-OH is 1. The summed E-state index contributed by atoms with van der Waals surface area (Å²) in [5.74, 6) is -0.986. The van der Waals surface area contributed by atoms with Gasteiger partial charge in [-0.15, -0.1) is 0 Å². The van der Waals surface area contributed by atoms with E-state index in [0.29, 0.717) is 5.82 Å². The summed E-state index contributed by atoms with van der Waals surface area (Å²) < 4.78 is 27.1. The van der Waals surface area contributed by atoms with Gasteiger partial charge in [0.05, 0.1) is 6.10 Å². The zero-order chi connectivity index (χ0) is 14.1. The van der Waals surface area contributed by atoms with Gasteiger partial charge in [-0.2, -0.15) is 4.72 Å². The van der Waals surface area contributed by atoms with Gasteiger partial charge < -0.3 is 14.8 Å². The van der Waals surface area contributed by atoms with Crippen molar-refractivity contribution in [2.24, 2.45) is 7.05 Å². The molecule has 0 amide bonds. The summed E-state index contributed by atoms with van der Waals surface area (Å²) in [6, 6.07) is -1.61. The summed E-state index contributed by atoms with van der Waals surface area (Å²) in [7, 11) is -2.46. The molecular weight excluding hydrogens is 262 g/mol. The van der Waals surface area contributed by atoms with Crippen LogP contribution in [-0.2, 0) is 21.9 Å². The van der Waals surface area contributed by atoms with E-state index in [1.54, 1.807) is 14.0 Å². The number of aliphatic hydroxyl groups is 1. The van der Waals surface area contributed by atoms with Gasteiger partial charge in [-0.3, -0.25) is 4.79 Å². The maximum Gasteiger partial charge on any atom is 0.324 e. The number of hydrogen-bond donors (Lipinski definition) is 3. The van der Waals surface area contributed by atoms with Gasteiger partial charge in [-0.1, -0.05) is 0 Å². The van der Waals surface area contributed by atoms with Crippen molar-refractivity contribution in [2.45, 2.75) is 31.0 Å². The monoisotopic (exact) mass is 277 g/mol. The highest BCUT2D eigenvalue weighted by molar-refractivity contribution is 7.89. The Bertz CT molecular complexity index is 529. The number of aromatic nitrogens is 2. The first-order valence-corrected chi connectivity index (χ1v) is 6.56. The molecule has 0 saturated heterocycles. The third-order valence-corrected chi connectivity index (χ3v) is 3.70. The Hall–Kier alpha value is -1.45. The topological polar surface area (TPSA) is 122 Å². The van der Waals surface area contributed by atoms with Gasteiger partial charge in [0.15, 0.2) is 5.03 Å². The van der Waals surface area contributed by atoms with Gasteiger partial charge in [0.1, 0.15) is 11.9 Å². The van der Waals surface area contributed by atoms with Gasteiger partial charge in [0.25, 0.3) is 10.0 Å². The van der Waals surface area contributed by atoms with Gasteiger partial charge in [0.2, 0.25) is 0 Å². The normalized spacial score (nSPS) is 15.3. The molecule has 0 aliphatic rings. The second-order valence-electron chi connectivity index (χ2n) is 3.92. The number of nitrogens with zero attached hydrogens (tertiary/aromatic N) is 2. The van der Waals surface area contributed by atoms with Crippen LogP contribution >= 0.6 is 0 Å². The molecule has 0 unspecified atom stereocenters. The van der Waals surface area contributed by atoms with Crippen molar-refractivity contribution in [2.75, 3.05) is 0 Å². The first kappa shape index (κ1) is 14.6. The number of hydrogen-bond acceptors (Lipinski definition) is 5. The van der Waals surface area contributed by atoms with E-state index in [1.165, 1.54) is 17.7 Å². The van der Waals surface area contributed by atoms with Crippen LogP contribution in [0.3, 0.4) is 0 Å². The maximum atomic E-state index is 11.9. The molecule has 1 heterocycles. The van der Waals surface area contributed by atoms with Crippen LogP contribution in [0.4, 0.5) is 0 Å². The Kier molecular flexibility index (Phi) is 4.09. The van der Waals surface area contributed by atoms with Crippen molar-refractivity contribution in [3.05, 3.63) is 12.0 Å². The Morgan fingerprint density at radius 3 is 2.44 bits per heavy atom. The Morgan fingerprint density at radius 2 is 2.11 bits per heavy atom. The van der Waals surface area contributed by atoms with E-state index in [9.17, 15) is 18.3 Å². The predicted molar refractivity (Wildman–Crippen MR) is 61.4 cm³/mol. The molecule has 0 aliphatic heterocycles. The fourth-order valence-corrected chi connectivity index (χ4v) is 2.54. The van der Waals surface area contributed by atoms with Crippen LogP contribution in [0.2, 0.25) is 0 Å². The molecule has 18 heavy (non-hydrogen) atoms. The molecule has 0 fully saturated rings. The summed E-state index contributed by atoms with van der Waals surface area (Å²) in [5, 5.41) is 17.7. The Morgan fingerprint density at radius 1 is 1.56 bits per heavy atom. The second kappa shape index (κ2) is 5.04. The van der Waals surface area contributed by atoms with Crippen molar-refractivity contribution in [1.82, 2.24) is 14.3 Å². The predicted octanol–water partition coefficient (Wildman–Crippen LogP) is -1.16. The maximum absolute atomic E-state index is 11.9. The van der Waals surface area contributed by atoms with Crippen LogP contribution in [0.15, 0.2) is 11.2 Å². The van der Waals surface area contributed by atoms with E-state index < -0.39 is 28.1 Å². The Labute approximate surface area is 104 Å². The average Bonchev–Trinajstić information content (AvgIpc) is 2.56. The van der Waals surface area contributed by atoms with E-state index in [-0.39, 0.29) is 5.03 Å². The number of aliphatic carboxylic acids is 1. The third-order valence-electron chi connectivity index (χ3n) is 2.39. The molecule has 2 atom stereocenters. The lowest BCUT2D eigenvalue weighted by Crippen LogP contribution is -2.47. The van der Waals surface area contributed by atoms with Crippen LogP contribution < -0.4 is 4.72 Å². The largest absolute Gasteiger partial charge is 0.480 e. The summed E-state index contributed by atoms with van der Waals surface area (Å²) in [6.07, 6.45) is -0.0967. The first-order valence-electron chi connectivity index (χ1n) is 5.08. The minimum atomic E-state index is -4.07. The summed E-state index contributed by atoms with van der Waals surface area (Å²) in [6.45, 7) is 2.80. The molecule has 3 N–H and O–H groups in total. The molecule has 102 valence electrons. The highest BCUT2D eigenvalue weighted by atomic mass is 32.2. The molecule has 0 aromatic carbocycles. The van der Waals surface area contributed by atoms with Crippen LogP contribution in [0.1, 0.15) is 12.7 Å². The van der Waals surface area contributed by atoms with Crippen molar-refractivity contribution in [3.63, 3.8) is 0 Å². The summed E-state index contributed by atoms with van der Waals surface area (Å²) >= 11 is 0. The zero-order valence-corrected chi connectivity index (χ0v) is 11.0. The Balaban J connectivity index is 3.04. The van der Waals surface area contributed by atoms with Crippen molar-refractivity contribution in [1.29, 1.82) is 0 Å². The average molecular weight is 277 g/mol. The number of sulfonamides is 1. The van der Waals surface area contributed by atoms with Crippen LogP contribution in [0.25, 0.3) is 0 Å². The van der Waals surface area contributed by atoms with Crippen molar-refractivity contribution < 1.29 is 23.4 Å². The lowest BCUT2D eigenvalue weighted by Gasteiger charge is -2.15. The van der Waals surface area contributed by atoms with E-state index in [2.05, 4.69) is 4.98 Å². The summed E-state index contributed by atoms with van der Waals surface area (Å²) in [4.78, 5) is 14.6. The first-order chi connectivity index (χ1) is 8.15. The SMILES string of the molecule is Cc1nc(S(=O)(=O)N[C@H](C(=O)O)[C@@H](C)O)cn1C. The van der Waals surface area contributed by atoms with Crippen molar-refractivity contribution >= 4 is 16.0 Å². The summed E-state index contributed by atoms with van der Waals surface area (Å²) in [5.41, 5.74) is 0. The number of carbonyl (C=O) groups is 1. The molecule has 0 bridgehead atoms. The number of aryl methyl sites for hydroxylation is 2. The van der Waals surface area contributed by atoms with Gasteiger partial charge in [-0.25, -0.2) is 13.4 Å². The molecule has 0 saturated carbocycles. The number of rotatable bonds is 5. The molecule has 1 aromatic heterocycles. The number of nitrogens with one attached hydrogen (secondary N) is 1. The third kappa shape index (κ3) is 3.06. The van der Waals surface area contributed by atoms with E-state index >= 15 is 0 Å². The van der Waals surface area contributed by atoms with E-state index in [1.807, 2.05) is 4.72 Å². The number of imidazole rings is 1. The second-order valence-corrected chi connectivity index (χ2v) is 5.58. The van der Waals surface area contributed by atoms with Gasteiger partial charge in [0, 0.05) is 13.2 Å². The molecule has 1 rings (SSSR count). The molecule has 0 aliphatic carbocycles. The van der Waals surface area contributed by atoms with Crippen molar-refractivity contribution in [3.8, 4) is 0 Å². The molecule has 9 heteroatoms. The fraction of sp³-hybridized carbons (Fsp3) is 0.556.